The van der Waals surface area contributed by atoms with Crippen LogP contribution in [0, 0.1) is 65.1 Å². The van der Waals surface area contributed by atoms with Crippen LogP contribution in [0.1, 0.15) is 89.9 Å². The van der Waals surface area contributed by atoms with Gasteiger partial charge in [-0.1, -0.05) is 12.8 Å². The Morgan fingerprint density at radius 3 is 1.56 bits per heavy atom. The van der Waals surface area contributed by atoms with Crippen molar-refractivity contribution in [1.82, 2.24) is 0 Å². The lowest BCUT2D eigenvalue weighted by Crippen LogP contribution is -2.59. The zero-order valence-corrected chi connectivity index (χ0v) is 18.5. The van der Waals surface area contributed by atoms with Gasteiger partial charge in [-0.2, -0.15) is 0 Å². The van der Waals surface area contributed by atoms with Gasteiger partial charge in [0.15, 0.2) is 0 Å². The van der Waals surface area contributed by atoms with Gasteiger partial charge in [0.25, 0.3) is 0 Å². The molecule has 0 saturated heterocycles. The molecule has 0 nitrogen and oxygen atoms in total. The maximum atomic E-state index is 3.68. The van der Waals surface area contributed by atoms with Crippen LogP contribution >= 0.6 is 9.24 Å². The highest BCUT2D eigenvalue weighted by Crippen LogP contribution is 2.68. The molecule has 0 heterocycles. The molecule has 1 heteroatoms. The Morgan fingerprint density at radius 1 is 0.556 bits per heavy atom. The van der Waals surface area contributed by atoms with E-state index in [0.717, 1.165) is 65.1 Å². The molecule has 0 radical (unpaired) electrons. The molecule has 0 amide bonds. The summed E-state index contributed by atoms with van der Waals surface area (Å²) < 4.78 is 0. The predicted octanol–water partition coefficient (Wildman–Crippen LogP) is 6.94. The van der Waals surface area contributed by atoms with E-state index in [1.54, 1.807) is 83.5 Å². The lowest BCUT2D eigenvalue weighted by atomic mass is 9.43. The monoisotopic (exact) mass is 384 g/mol. The lowest BCUT2D eigenvalue weighted by Gasteiger charge is -2.65. The molecule has 0 aromatic carbocycles. The quantitative estimate of drug-likeness (QED) is 0.453. The van der Waals surface area contributed by atoms with Gasteiger partial charge in [0.05, 0.1) is 0 Å². The first-order chi connectivity index (χ1) is 13.2. The second kappa shape index (κ2) is 5.99. The molecule has 0 aliphatic heterocycles. The maximum Gasteiger partial charge on any atom is -0.00857 e. The SMILES string of the molecule is PC1(C2C3CC4CC(C3)CC2C4)CCCCC1C1C2CC3CC(C2)CC1C3. The smallest absolute Gasteiger partial charge is 0.00857 e. The van der Waals surface area contributed by atoms with Crippen LogP contribution < -0.4 is 0 Å². The minimum Gasteiger partial charge on any atom is -0.130 e. The van der Waals surface area contributed by atoms with Crippen LogP contribution in [0.15, 0.2) is 0 Å². The molecule has 27 heavy (non-hydrogen) atoms. The zero-order valence-electron chi connectivity index (χ0n) is 17.3. The number of hydrogen-bond donors (Lipinski definition) is 0. The van der Waals surface area contributed by atoms with Gasteiger partial charge in [-0.15, -0.1) is 9.24 Å². The molecular formula is C26H41P. The zero-order chi connectivity index (χ0) is 17.8. The molecule has 9 saturated carbocycles. The van der Waals surface area contributed by atoms with E-state index in [4.69, 9.17) is 0 Å². The van der Waals surface area contributed by atoms with Crippen molar-refractivity contribution in [3.05, 3.63) is 0 Å². The fraction of sp³-hybridized carbons (Fsp3) is 1.00. The molecule has 0 aromatic heterocycles. The third-order valence-electron chi connectivity index (χ3n) is 11.7. The molecule has 0 N–H and O–H groups in total. The van der Waals surface area contributed by atoms with Crippen molar-refractivity contribution < 1.29 is 0 Å². The highest BCUT2D eigenvalue weighted by molar-refractivity contribution is 7.19. The summed E-state index contributed by atoms with van der Waals surface area (Å²) in [6, 6.07) is 0. The van der Waals surface area contributed by atoms with E-state index in [1.807, 2.05) is 0 Å². The van der Waals surface area contributed by atoms with Crippen LogP contribution in [0.2, 0.25) is 0 Å². The Labute approximate surface area is 169 Å². The Morgan fingerprint density at radius 2 is 1.04 bits per heavy atom. The standard InChI is InChI=1S/C26H41P/c27-26(25-21-11-17-6-18(13-21)14-22(25)12-17)4-2-1-3-23(26)24-19-7-15-5-16(9-19)10-20(24)8-15/h15-25H,1-14,27H2. The minimum atomic E-state index is 0.640. The third kappa shape index (κ3) is 2.44. The largest absolute Gasteiger partial charge is 0.130 e. The van der Waals surface area contributed by atoms with E-state index in [0.29, 0.717) is 5.16 Å². The molecule has 0 aromatic rings. The van der Waals surface area contributed by atoms with Crippen molar-refractivity contribution >= 4 is 9.24 Å². The third-order valence-corrected chi connectivity index (χ3v) is 12.8. The molecule has 9 fully saturated rings. The predicted molar refractivity (Wildman–Crippen MR) is 115 cm³/mol. The van der Waals surface area contributed by atoms with E-state index < -0.39 is 0 Å². The van der Waals surface area contributed by atoms with Gasteiger partial charge in [-0.25, -0.2) is 0 Å². The van der Waals surface area contributed by atoms with E-state index in [9.17, 15) is 0 Å². The van der Waals surface area contributed by atoms with E-state index in [1.165, 1.54) is 6.42 Å². The first kappa shape index (κ1) is 17.1. The Hall–Kier alpha value is 0.430. The molecule has 9 rings (SSSR count). The normalized spacial score (nSPS) is 63.7. The van der Waals surface area contributed by atoms with E-state index >= 15 is 0 Å². The highest BCUT2D eigenvalue weighted by Gasteiger charge is 2.60. The van der Waals surface area contributed by atoms with Gasteiger partial charge in [0, 0.05) is 0 Å². The molecular weight excluding hydrogens is 343 g/mol. The maximum absolute atomic E-state index is 3.68. The summed E-state index contributed by atoms with van der Waals surface area (Å²) in [5, 5.41) is 0.640. The van der Waals surface area contributed by atoms with Crippen LogP contribution in [0.3, 0.4) is 0 Å². The molecule has 0 spiro atoms. The van der Waals surface area contributed by atoms with Gasteiger partial charge in [0.1, 0.15) is 0 Å². The first-order valence-electron chi connectivity index (χ1n) is 13.0. The summed E-state index contributed by atoms with van der Waals surface area (Å²) in [5.41, 5.74) is 0. The average molecular weight is 385 g/mol. The van der Waals surface area contributed by atoms with Crippen LogP contribution in [0.25, 0.3) is 0 Å². The second-order valence-electron chi connectivity index (χ2n) is 12.9. The topological polar surface area (TPSA) is 0 Å². The van der Waals surface area contributed by atoms with Gasteiger partial charge >= 0.3 is 0 Å². The van der Waals surface area contributed by atoms with Gasteiger partial charge in [-0.05, 0) is 147 Å². The number of hydrogen-bond acceptors (Lipinski definition) is 0. The van der Waals surface area contributed by atoms with Gasteiger partial charge in [-0.3, -0.25) is 0 Å². The average Bonchev–Trinajstić information content (AvgIpc) is 2.61. The van der Waals surface area contributed by atoms with Crippen molar-refractivity contribution in [3.63, 3.8) is 0 Å². The number of rotatable bonds is 2. The van der Waals surface area contributed by atoms with Crippen LogP contribution in [0.5, 0.6) is 0 Å². The Balaban J connectivity index is 1.23. The highest BCUT2D eigenvalue weighted by atomic mass is 31.0. The fourth-order valence-corrected chi connectivity index (χ4v) is 12.8. The molecule has 9 aliphatic rings. The van der Waals surface area contributed by atoms with Crippen LogP contribution in [-0.4, -0.2) is 5.16 Å². The van der Waals surface area contributed by atoms with E-state index in [-0.39, 0.29) is 0 Å². The van der Waals surface area contributed by atoms with Gasteiger partial charge in [0.2, 0.25) is 0 Å². The summed E-state index contributed by atoms with van der Waals surface area (Å²) in [5.74, 6) is 12.4. The summed E-state index contributed by atoms with van der Waals surface area (Å²) >= 11 is 0. The molecule has 150 valence electrons. The van der Waals surface area contributed by atoms with Crippen molar-refractivity contribution in [2.75, 3.05) is 0 Å². The second-order valence-corrected chi connectivity index (χ2v) is 14.0. The van der Waals surface area contributed by atoms with Gasteiger partial charge < -0.3 is 0 Å². The Kier molecular flexibility index (Phi) is 3.80. The Bertz CT molecular complexity index is 553. The molecule has 9 aliphatic carbocycles. The summed E-state index contributed by atoms with van der Waals surface area (Å²) in [6.07, 6.45) is 22.5. The molecule has 8 bridgehead atoms. The summed E-state index contributed by atoms with van der Waals surface area (Å²) in [4.78, 5) is 0. The van der Waals surface area contributed by atoms with Crippen molar-refractivity contribution in [2.24, 2.45) is 65.1 Å². The summed E-state index contributed by atoms with van der Waals surface area (Å²) in [6.45, 7) is 0. The van der Waals surface area contributed by atoms with E-state index in [2.05, 4.69) is 9.24 Å². The van der Waals surface area contributed by atoms with Crippen LogP contribution in [-0.2, 0) is 0 Å². The first-order valence-corrected chi connectivity index (χ1v) is 13.5. The fourth-order valence-electron chi connectivity index (χ4n) is 11.6. The summed E-state index contributed by atoms with van der Waals surface area (Å²) in [7, 11) is 3.68. The van der Waals surface area contributed by atoms with Crippen molar-refractivity contribution in [2.45, 2.75) is 95.0 Å². The minimum absolute atomic E-state index is 0.640. The van der Waals surface area contributed by atoms with Crippen molar-refractivity contribution in [1.29, 1.82) is 0 Å². The van der Waals surface area contributed by atoms with Crippen molar-refractivity contribution in [3.8, 4) is 0 Å². The molecule has 3 unspecified atom stereocenters. The van der Waals surface area contributed by atoms with Crippen LogP contribution in [0.4, 0.5) is 0 Å². The molecule has 3 atom stereocenters. The lowest BCUT2D eigenvalue weighted by molar-refractivity contribution is -0.112.